The van der Waals surface area contributed by atoms with Gasteiger partial charge in [0.1, 0.15) is 23.9 Å². The first-order chi connectivity index (χ1) is 15.4. The van der Waals surface area contributed by atoms with Crippen molar-refractivity contribution in [2.75, 3.05) is 0 Å². The second-order valence-corrected chi connectivity index (χ2v) is 9.65. The number of nitrogens with zero attached hydrogens (tertiary/aromatic N) is 1. The minimum atomic E-state index is -4.75. The Morgan fingerprint density at radius 2 is 1.38 bits per heavy atom. The maximum absolute atomic E-state index is 12.9. The van der Waals surface area contributed by atoms with Crippen LogP contribution in [0.4, 0.5) is 22.8 Å². The first-order valence-corrected chi connectivity index (χ1v) is 10.6. The molecule has 34 heavy (non-hydrogen) atoms. The Hall–Kier alpha value is -2.82. The lowest BCUT2D eigenvalue weighted by molar-refractivity contribution is -0.162. The Bertz CT molecular complexity index is 802. The van der Waals surface area contributed by atoms with E-state index in [9.17, 15) is 32.7 Å². The SMILES string of the molecule is CC(C)(C)OC(=O)N(C(=O)OC(C)(C)C)C(CC(O)CC(F)(F)F)C(=O)OCc1ccccc1. The number of halogens is 3. The molecule has 0 aliphatic rings. The van der Waals surface area contributed by atoms with Gasteiger partial charge < -0.3 is 19.3 Å². The lowest BCUT2D eigenvalue weighted by Gasteiger charge is -2.33. The minimum Gasteiger partial charge on any atom is -0.459 e. The topological polar surface area (TPSA) is 102 Å². The van der Waals surface area contributed by atoms with Gasteiger partial charge in [0.2, 0.25) is 0 Å². The zero-order chi connectivity index (χ0) is 26.3. The van der Waals surface area contributed by atoms with Gasteiger partial charge in [0, 0.05) is 6.42 Å². The molecule has 192 valence electrons. The van der Waals surface area contributed by atoms with Gasteiger partial charge in [-0.3, -0.25) is 0 Å². The van der Waals surface area contributed by atoms with E-state index in [1.807, 2.05) is 0 Å². The van der Waals surface area contributed by atoms with E-state index in [0.717, 1.165) is 0 Å². The van der Waals surface area contributed by atoms with Crippen LogP contribution in [0.5, 0.6) is 0 Å². The number of carbonyl (C=O) groups is 3. The van der Waals surface area contributed by atoms with Crippen molar-refractivity contribution in [1.82, 2.24) is 4.90 Å². The number of alkyl halides is 3. The molecule has 11 heteroatoms. The summed E-state index contributed by atoms with van der Waals surface area (Å²) >= 11 is 0. The summed E-state index contributed by atoms with van der Waals surface area (Å²) in [5.41, 5.74) is -1.66. The summed E-state index contributed by atoms with van der Waals surface area (Å²) in [6.45, 7) is 8.72. The van der Waals surface area contributed by atoms with Crippen molar-refractivity contribution in [2.45, 2.75) is 90.5 Å². The lowest BCUT2D eigenvalue weighted by Crippen LogP contribution is -2.53. The molecule has 0 spiro atoms. The molecular weight excluding hydrogens is 459 g/mol. The van der Waals surface area contributed by atoms with Gasteiger partial charge in [-0.1, -0.05) is 30.3 Å². The highest BCUT2D eigenvalue weighted by atomic mass is 19.4. The third-order valence-corrected chi connectivity index (χ3v) is 3.95. The highest BCUT2D eigenvalue weighted by Crippen LogP contribution is 2.26. The van der Waals surface area contributed by atoms with Crippen LogP contribution in [0, 0.1) is 0 Å². The molecule has 1 aromatic rings. The van der Waals surface area contributed by atoms with Crippen molar-refractivity contribution < 1.29 is 46.9 Å². The molecular formula is C23H32F3NO7. The fourth-order valence-electron chi connectivity index (χ4n) is 2.69. The molecule has 0 saturated carbocycles. The van der Waals surface area contributed by atoms with Gasteiger partial charge in [0.25, 0.3) is 0 Å². The van der Waals surface area contributed by atoms with E-state index in [-0.39, 0.29) is 11.5 Å². The quantitative estimate of drug-likeness (QED) is 0.424. The average molecular weight is 492 g/mol. The molecule has 2 unspecified atom stereocenters. The van der Waals surface area contributed by atoms with E-state index in [2.05, 4.69) is 0 Å². The molecule has 0 aromatic heterocycles. The highest BCUT2D eigenvalue weighted by molar-refractivity contribution is 5.94. The third-order valence-electron chi connectivity index (χ3n) is 3.95. The average Bonchev–Trinajstić information content (AvgIpc) is 2.62. The molecule has 0 fully saturated rings. The predicted octanol–water partition coefficient (Wildman–Crippen LogP) is 4.97. The van der Waals surface area contributed by atoms with Crippen LogP contribution in [0.25, 0.3) is 0 Å². The molecule has 0 radical (unpaired) electrons. The Labute approximate surface area is 197 Å². The number of ether oxygens (including phenoxy) is 3. The third kappa shape index (κ3) is 11.4. The minimum absolute atomic E-state index is 0.253. The molecule has 1 aromatic carbocycles. The summed E-state index contributed by atoms with van der Waals surface area (Å²) in [4.78, 5) is 38.9. The van der Waals surface area contributed by atoms with Crippen molar-refractivity contribution in [2.24, 2.45) is 0 Å². The maximum Gasteiger partial charge on any atom is 0.420 e. The molecule has 0 aliphatic heterocycles. The second-order valence-electron chi connectivity index (χ2n) is 9.65. The number of imide groups is 1. The second kappa shape index (κ2) is 11.5. The van der Waals surface area contributed by atoms with Gasteiger partial charge in [-0.05, 0) is 47.1 Å². The van der Waals surface area contributed by atoms with Crippen molar-refractivity contribution in [1.29, 1.82) is 0 Å². The Kier molecular flexibility index (Phi) is 9.92. The van der Waals surface area contributed by atoms with E-state index in [1.54, 1.807) is 30.3 Å². The van der Waals surface area contributed by atoms with E-state index in [1.165, 1.54) is 41.5 Å². The molecule has 0 heterocycles. The lowest BCUT2D eigenvalue weighted by atomic mass is 10.1. The predicted molar refractivity (Wildman–Crippen MR) is 116 cm³/mol. The highest BCUT2D eigenvalue weighted by Gasteiger charge is 2.43. The molecule has 1 N–H and O–H groups in total. The number of carbonyl (C=O) groups excluding carboxylic acids is 3. The zero-order valence-corrected chi connectivity index (χ0v) is 20.1. The van der Waals surface area contributed by atoms with E-state index < -0.39 is 60.5 Å². The van der Waals surface area contributed by atoms with Crippen molar-refractivity contribution in [3.63, 3.8) is 0 Å². The van der Waals surface area contributed by atoms with Gasteiger partial charge in [0.05, 0.1) is 12.5 Å². The molecule has 0 bridgehead atoms. The monoisotopic (exact) mass is 491 g/mol. The number of amides is 2. The van der Waals surface area contributed by atoms with Crippen LogP contribution in [0.2, 0.25) is 0 Å². The number of aliphatic hydroxyl groups excluding tert-OH is 1. The van der Waals surface area contributed by atoms with E-state index in [4.69, 9.17) is 14.2 Å². The van der Waals surface area contributed by atoms with Gasteiger partial charge in [0.15, 0.2) is 0 Å². The first kappa shape index (κ1) is 29.2. The number of aliphatic hydroxyl groups is 1. The number of benzene rings is 1. The van der Waals surface area contributed by atoms with Gasteiger partial charge >= 0.3 is 24.3 Å². The standard InChI is InChI=1S/C23H32F3NO7/c1-21(2,3)33-19(30)27(20(31)34-22(4,5)6)17(12-16(28)13-23(24,25)26)18(29)32-14-15-10-8-7-9-11-15/h7-11,16-17,28H,12-14H2,1-6H3. The largest absolute Gasteiger partial charge is 0.459 e. The summed E-state index contributed by atoms with van der Waals surface area (Å²) in [7, 11) is 0. The van der Waals surface area contributed by atoms with Crippen molar-refractivity contribution >= 4 is 18.2 Å². The number of hydrogen-bond donors (Lipinski definition) is 1. The summed E-state index contributed by atoms with van der Waals surface area (Å²) in [6, 6.07) is 6.43. The van der Waals surface area contributed by atoms with Crippen LogP contribution in [0.15, 0.2) is 30.3 Å². The zero-order valence-electron chi connectivity index (χ0n) is 20.1. The number of esters is 1. The van der Waals surface area contributed by atoms with Gasteiger partial charge in [-0.25, -0.2) is 14.4 Å². The van der Waals surface area contributed by atoms with Crippen LogP contribution in [0.1, 0.15) is 59.9 Å². The molecule has 1 rings (SSSR count). The van der Waals surface area contributed by atoms with Crippen LogP contribution >= 0.6 is 0 Å². The fourth-order valence-corrected chi connectivity index (χ4v) is 2.69. The Morgan fingerprint density at radius 3 is 1.79 bits per heavy atom. The normalized spacial score (nSPS) is 14.1. The van der Waals surface area contributed by atoms with Gasteiger partial charge in [-0.15, -0.1) is 0 Å². The molecule has 2 atom stereocenters. The molecule has 8 nitrogen and oxygen atoms in total. The summed E-state index contributed by atoms with van der Waals surface area (Å²) in [5, 5.41) is 10.0. The summed E-state index contributed by atoms with van der Waals surface area (Å²) < 4.78 is 54.0. The molecule has 0 aliphatic carbocycles. The van der Waals surface area contributed by atoms with Gasteiger partial charge in [-0.2, -0.15) is 18.1 Å². The van der Waals surface area contributed by atoms with Crippen molar-refractivity contribution in [3.8, 4) is 0 Å². The fraction of sp³-hybridized carbons (Fsp3) is 0.609. The van der Waals surface area contributed by atoms with Crippen LogP contribution in [-0.4, -0.2) is 57.7 Å². The Balaban J connectivity index is 3.32. The van der Waals surface area contributed by atoms with Crippen molar-refractivity contribution in [3.05, 3.63) is 35.9 Å². The number of hydrogen-bond acceptors (Lipinski definition) is 7. The molecule has 0 saturated heterocycles. The van der Waals surface area contributed by atoms with Crippen LogP contribution in [0.3, 0.4) is 0 Å². The smallest absolute Gasteiger partial charge is 0.420 e. The van der Waals surface area contributed by atoms with Crippen LogP contribution in [-0.2, 0) is 25.6 Å². The summed E-state index contributed by atoms with van der Waals surface area (Å²) in [5.74, 6) is -1.21. The summed E-state index contributed by atoms with van der Waals surface area (Å²) in [6.07, 6.45) is -12.1. The van der Waals surface area contributed by atoms with Crippen LogP contribution < -0.4 is 0 Å². The number of rotatable bonds is 7. The maximum atomic E-state index is 12.9. The van der Waals surface area contributed by atoms with E-state index >= 15 is 0 Å². The first-order valence-electron chi connectivity index (χ1n) is 10.6. The Morgan fingerprint density at radius 1 is 0.912 bits per heavy atom. The van der Waals surface area contributed by atoms with E-state index in [0.29, 0.717) is 5.56 Å². The molecule has 2 amide bonds.